The molecule has 2 unspecified atom stereocenters. The number of rotatable bonds is 4. The number of halogens is 6. The van der Waals surface area contributed by atoms with Crippen LogP contribution in [0.25, 0.3) is 0 Å². The summed E-state index contributed by atoms with van der Waals surface area (Å²) in [5.74, 6) is 0. The molecule has 0 rings (SSSR count). The van der Waals surface area contributed by atoms with E-state index < -0.39 is 31.0 Å². The van der Waals surface area contributed by atoms with E-state index in [2.05, 4.69) is 9.47 Å². The Bertz CT molecular complexity index is 190. The zero-order valence-corrected chi connectivity index (χ0v) is 12.5. The summed E-state index contributed by atoms with van der Waals surface area (Å²) in [6.45, 7) is -0.250. The Hall–Kier alpha value is 1.00. The van der Waals surface area contributed by atoms with E-state index >= 15 is 0 Å². The van der Waals surface area contributed by atoms with Crippen molar-refractivity contribution in [3.05, 3.63) is 0 Å². The molecule has 0 saturated carbocycles. The van der Waals surface area contributed by atoms with E-state index in [0.717, 1.165) is 0 Å². The molecule has 1 radical (unpaired) electrons. The minimum atomic E-state index is -4.84. The zero-order chi connectivity index (χ0) is 15.0. The van der Waals surface area contributed by atoms with Crippen LogP contribution >= 0.6 is 0 Å². The molecule has 0 aliphatic carbocycles. The van der Waals surface area contributed by atoms with Crippen LogP contribution in [0.1, 0.15) is 6.42 Å². The van der Waals surface area contributed by atoms with Gasteiger partial charge in [0.2, 0.25) is 0 Å². The predicted octanol–water partition coefficient (Wildman–Crippen LogP) is 0.924. The Morgan fingerprint density at radius 1 is 0.842 bits per heavy atom. The van der Waals surface area contributed by atoms with E-state index in [1.165, 1.54) is 0 Å². The zero-order valence-electron chi connectivity index (χ0n) is 10.0. The Morgan fingerprint density at radius 3 is 1.16 bits per heavy atom. The average Bonchev–Trinajstić information content (AvgIpc) is 2.16. The van der Waals surface area contributed by atoms with Gasteiger partial charge in [-0.25, -0.2) is 0 Å². The van der Waals surface area contributed by atoms with E-state index in [0.29, 0.717) is 14.2 Å². The van der Waals surface area contributed by atoms with Crippen molar-refractivity contribution in [1.82, 2.24) is 0 Å². The van der Waals surface area contributed by atoms with Gasteiger partial charge >= 0.3 is 19.1 Å². The van der Waals surface area contributed by atoms with Crippen molar-refractivity contribution < 1.29 is 95.4 Å². The predicted molar refractivity (Wildman–Crippen MR) is 50.4 cm³/mol. The van der Waals surface area contributed by atoms with Crippen LogP contribution in [0.5, 0.6) is 0 Å². The summed E-state index contributed by atoms with van der Waals surface area (Å²) < 4.78 is 80.2. The Morgan fingerprint density at radius 2 is 1.05 bits per heavy atom. The molecule has 119 valence electrons. The standard InChI is InChI=1S/C7H10F6O2.CH4O2.Eu/c1-14-4(6(8,9)10)3-5(15-2)7(11,12)13;2-1-3;/h4-5H,3H2,1-2H3;2-3H,1H2;/p+2. The average molecular weight is 442 g/mol. The monoisotopic (exact) mass is 443 g/mol. The van der Waals surface area contributed by atoms with Crippen LogP contribution in [0.2, 0.25) is 0 Å². The van der Waals surface area contributed by atoms with Crippen molar-refractivity contribution in [2.45, 2.75) is 31.0 Å². The van der Waals surface area contributed by atoms with Gasteiger partial charge in [-0.1, -0.05) is 0 Å². The molecule has 19 heavy (non-hydrogen) atoms. The van der Waals surface area contributed by atoms with Gasteiger partial charge in [0.15, 0.2) is 12.2 Å². The molecule has 0 spiro atoms. The second-order valence-electron chi connectivity index (χ2n) is 2.94. The molecule has 4 N–H and O–H groups in total. The molecule has 0 fully saturated rings. The number of ether oxygens (including phenoxy) is 2. The molecule has 0 amide bonds. The van der Waals surface area contributed by atoms with Crippen molar-refractivity contribution in [2.24, 2.45) is 0 Å². The van der Waals surface area contributed by atoms with Gasteiger partial charge in [-0.15, -0.1) is 0 Å². The molecule has 0 aliphatic rings. The van der Waals surface area contributed by atoms with Gasteiger partial charge in [0.1, 0.15) is 0 Å². The number of methoxy groups -OCH3 is 2. The fourth-order valence-electron chi connectivity index (χ4n) is 0.921. The first kappa shape index (κ1) is 25.0. The van der Waals surface area contributed by atoms with Crippen molar-refractivity contribution >= 4 is 0 Å². The third-order valence-corrected chi connectivity index (χ3v) is 1.73. The smallest absolute Gasteiger partial charge is 0.384 e. The normalized spacial score (nSPS) is 14.8. The van der Waals surface area contributed by atoms with Gasteiger partial charge in [-0.2, -0.15) is 26.3 Å². The van der Waals surface area contributed by atoms with E-state index in [1.807, 2.05) is 0 Å². The summed E-state index contributed by atoms with van der Waals surface area (Å²) >= 11 is 0. The summed E-state index contributed by atoms with van der Waals surface area (Å²) in [6, 6.07) is 0. The molecule has 0 bridgehead atoms. The molecule has 11 heteroatoms. The van der Waals surface area contributed by atoms with E-state index in [-0.39, 0.29) is 56.2 Å². The van der Waals surface area contributed by atoms with Crippen LogP contribution in [-0.4, -0.2) is 55.8 Å². The summed E-state index contributed by atoms with van der Waals surface area (Å²) in [4.78, 5) is 0. The molecule has 0 aliphatic heterocycles. The molecular formula is C8H16EuF6O4+2. The fourth-order valence-corrected chi connectivity index (χ4v) is 0.921. The minimum Gasteiger partial charge on any atom is -0.384 e. The van der Waals surface area contributed by atoms with Crippen LogP contribution in [0, 0.1) is 49.4 Å². The Balaban J connectivity index is -0.000000580. The van der Waals surface area contributed by atoms with Gasteiger partial charge in [-0.05, 0) is 0 Å². The summed E-state index contributed by atoms with van der Waals surface area (Å²) in [5, 5.41) is 11.8. The van der Waals surface area contributed by atoms with Crippen molar-refractivity contribution in [3.8, 4) is 0 Å². The fraction of sp³-hybridized carbons (Fsp3) is 1.00. The molecule has 0 aromatic rings. The Labute approximate surface area is 146 Å². The number of hydrogen-bond donors (Lipinski definition) is 0. The van der Waals surface area contributed by atoms with Crippen molar-refractivity contribution in [3.63, 3.8) is 0 Å². The van der Waals surface area contributed by atoms with Gasteiger partial charge in [-0.3, -0.25) is 0 Å². The molecule has 0 saturated heterocycles. The number of hydrogen-bond acceptors (Lipinski definition) is 2. The second kappa shape index (κ2) is 11.6. The Kier molecular flexibility index (Phi) is 15.3. The molecule has 0 aromatic carbocycles. The molecular weight excluding hydrogens is 426 g/mol. The molecule has 4 nitrogen and oxygen atoms in total. The third kappa shape index (κ3) is 12.5. The van der Waals surface area contributed by atoms with Crippen LogP contribution in [0.4, 0.5) is 26.3 Å². The molecule has 0 heterocycles. The number of alkyl halides is 6. The van der Waals surface area contributed by atoms with Gasteiger partial charge in [0.05, 0.1) is 0 Å². The van der Waals surface area contributed by atoms with E-state index in [4.69, 9.17) is 10.2 Å². The maximum absolute atomic E-state index is 12.1. The van der Waals surface area contributed by atoms with Crippen LogP contribution < -0.4 is 0 Å². The molecule has 2 atom stereocenters. The van der Waals surface area contributed by atoms with Gasteiger partial charge in [0.25, 0.3) is 0 Å². The summed E-state index contributed by atoms with van der Waals surface area (Å²) in [5.41, 5.74) is 0. The van der Waals surface area contributed by atoms with Crippen LogP contribution in [0.3, 0.4) is 0 Å². The SMILES string of the molecule is COC(CC(OC)C(F)(F)F)C(F)(F)F.[Eu].[OH2+]C[OH2+]. The third-order valence-electron chi connectivity index (χ3n) is 1.73. The first-order valence-electron chi connectivity index (χ1n) is 4.52. The van der Waals surface area contributed by atoms with Gasteiger partial charge in [0, 0.05) is 70.0 Å². The summed E-state index contributed by atoms with van der Waals surface area (Å²) in [6.07, 6.45) is -15.9. The quantitative estimate of drug-likeness (QED) is 0.370. The second-order valence-corrected chi connectivity index (χ2v) is 2.94. The maximum Gasteiger partial charge on any atom is 0.414 e. The minimum absolute atomic E-state index is 0. The maximum atomic E-state index is 12.1. The topological polar surface area (TPSA) is 64.3 Å². The molecule has 0 aromatic heterocycles. The largest absolute Gasteiger partial charge is 0.414 e. The van der Waals surface area contributed by atoms with Gasteiger partial charge < -0.3 is 19.7 Å². The first-order chi connectivity index (χ1) is 8.04. The van der Waals surface area contributed by atoms with Crippen molar-refractivity contribution in [1.29, 1.82) is 0 Å². The van der Waals surface area contributed by atoms with E-state index in [9.17, 15) is 26.3 Å². The first-order valence-corrected chi connectivity index (χ1v) is 4.52. The van der Waals surface area contributed by atoms with Crippen LogP contribution in [-0.2, 0) is 9.47 Å². The van der Waals surface area contributed by atoms with Crippen LogP contribution in [0.15, 0.2) is 0 Å². The van der Waals surface area contributed by atoms with E-state index in [1.54, 1.807) is 0 Å². The summed E-state index contributed by atoms with van der Waals surface area (Å²) in [7, 11) is 1.39. The van der Waals surface area contributed by atoms with Crippen molar-refractivity contribution in [2.75, 3.05) is 21.0 Å².